The van der Waals surface area contributed by atoms with E-state index in [4.69, 9.17) is 0 Å². The Balaban J connectivity index is 0. The molecule has 0 aliphatic rings. The number of nitrogens with zero attached hydrogens (tertiary/aromatic N) is 1. The van der Waals surface area contributed by atoms with Crippen molar-refractivity contribution < 1.29 is 0 Å². The molecule has 1 nitrogen and oxygen atoms in total. The lowest BCUT2D eigenvalue weighted by Gasteiger charge is -2.04. The van der Waals surface area contributed by atoms with E-state index in [2.05, 4.69) is 25.1 Å². The molecule has 0 aromatic carbocycles. The lowest BCUT2D eigenvalue weighted by atomic mass is 10.1. The second kappa shape index (κ2) is 11.7. The molecule has 0 N–H and O–H groups in total. The quantitative estimate of drug-likeness (QED) is 0.698. The first-order valence-corrected chi connectivity index (χ1v) is 6.06. The zero-order valence-corrected chi connectivity index (χ0v) is 11.4. The summed E-state index contributed by atoms with van der Waals surface area (Å²) in [7, 11) is 0. The Morgan fingerprint density at radius 3 is 2.06 bits per heavy atom. The normalized spacial score (nSPS) is 7.81. The van der Waals surface area contributed by atoms with Crippen LogP contribution in [0, 0.1) is 0 Å². The molecule has 0 fully saturated rings. The Morgan fingerprint density at radius 2 is 1.69 bits per heavy atom. The van der Waals surface area contributed by atoms with Crippen LogP contribution in [-0.4, -0.2) is 4.98 Å². The predicted molar refractivity (Wildman–Crippen MR) is 76.5 cm³/mol. The third-order valence-corrected chi connectivity index (χ3v) is 1.87. The number of aromatic nitrogens is 1. The molecule has 0 spiro atoms. The van der Waals surface area contributed by atoms with E-state index in [1.54, 1.807) is 0 Å². The highest BCUT2D eigenvalue weighted by Gasteiger charge is 2.01. The molecule has 16 heavy (non-hydrogen) atoms. The maximum atomic E-state index is 4.26. The van der Waals surface area contributed by atoms with Gasteiger partial charge in [0.2, 0.25) is 0 Å². The summed E-state index contributed by atoms with van der Waals surface area (Å²) in [5.41, 5.74) is 3.30. The van der Waals surface area contributed by atoms with E-state index in [0.717, 1.165) is 23.2 Å². The predicted octanol–water partition coefficient (Wildman–Crippen LogP) is 4.98. The fraction of sp³-hybridized carbons (Fsp3) is 0.400. The van der Waals surface area contributed by atoms with Gasteiger partial charge in [0.25, 0.3) is 0 Å². The standard InChI is InChI=1S/C11H13N.2C2H6/c1-4-9-7-8-12-11(6-3)10(9)5-2;2*1-2/h4-5,7-8H,1-2,6H2,3H3;2*1-2H3. The molecule has 1 aromatic heterocycles. The Bertz CT molecular complexity index is 300. The highest BCUT2D eigenvalue weighted by molar-refractivity contribution is 5.64. The van der Waals surface area contributed by atoms with Crippen molar-refractivity contribution >= 4 is 12.2 Å². The summed E-state index contributed by atoms with van der Waals surface area (Å²) in [4.78, 5) is 4.26. The highest BCUT2D eigenvalue weighted by atomic mass is 14.7. The van der Waals surface area contributed by atoms with Crippen LogP contribution in [0.2, 0.25) is 0 Å². The summed E-state index contributed by atoms with van der Waals surface area (Å²) in [5.74, 6) is 0. The third kappa shape index (κ3) is 4.92. The first-order chi connectivity index (χ1) is 7.83. The largest absolute Gasteiger partial charge is 0.261 e. The van der Waals surface area contributed by atoms with Gasteiger partial charge in [-0.2, -0.15) is 0 Å². The third-order valence-electron chi connectivity index (χ3n) is 1.87. The van der Waals surface area contributed by atoms with Gasteiger partial charge in [-0.1, -0.05) is 59.9 Å². The lowest BCUT2D eigenvalue weighted by molar-refractivity contribution is 1.03. The van der Waals surface area contributed by atoms with Crippen LogP contribution in [0.1, 0.15) is 51.4 Å². The Labute approximate surface area is 101 Å². The van der Waals surface area contributed by atoms with Gasteiger partial charge in [-0.3, -0.25) is 4.98 Å². The minimum atomic E-state index is 0.934. The summed E-state index contributed by atoms with van der Waals surface area (Å²) in [6, 6.07) is 1.95. The number of pyridine rings is 1. The van der Waals surface area contributed by atoms with Gasteiger partial charge in [-0.05, 0) is 18.1 Å². The molecule has 1 heteroatoms. The van der Waals surface area contributed by atoms with Gasteiger partial charge in [-0.15, -0.1) is 0 Å². The molecule has 0 aliphatic carbocycles. The van der Waals surface area contributed by atoms with Crippen molar-refractivity contribution in [2.45, 2.75) is 41.0 Å². The first-order valence-electron chi connectivity index (χ1n) is 6.06. The molecule has 0 bridgehead atoms. The van der Waals surface area contributed by atoms with E-state index in [1.807, 2.05) is 52.1 Å². The molecular formula is C15H25N. The van der Waals surface area contributed by atoms with Gasteiger partial charge in [0, 0.05) is 17.5 Å². The monoisotopic (exact) mass is 219 g/mol. The maximum absolute atomic E-state index is 4.26. The molecule has 1 rings (SSSR count). The molecule has 1 aromatic rings. The Hall–Kier alpha value is -1.37. The fourth-order valence-corrected chi connectivity index (χ4v) is 1.23. The average molecular weight is 219 g/mol. The van der Waals surface area contributed by atoms with Crippen molar-refractivity contribution in [2.75, 3.05) is 0 Å². The molecule has 90 valence electrons. The van der Waals surface area contributed by atoms with Gasteiger partial charge in [-0.25, -0.2) is 0 Å². The van der Waals surface area contributed by atoms with E-state index >= 15 is 0 Å². The maximum Gasteiger partial charge on any atom is 0.0478 e. The van der Waals surface area contributed by atoms with E-state index in [9.17, 15) is 0 Å². The molecule has 0 saturated carbocycles. The van der Waals surface area contributed by atoms with Crippen molar-refractivity contribution in [3.05, 3.63) is 42.2 Å². The van der Waals surface area contributed by atoms with Crippen LogP contribution in [0.25, 0.3) is 12.2 Å². The molecule has 0 aliphatic heterocycles. The Morgan fingerprint density at radius 1 is 1.12 bits per heavy atom. The topological polar surface area (TPSA) is 12.9 Å². The Kier molecular flexibility index (Phi) is 12.5. The second-order valence-corrected chi connectivity index (χ2v) is 2.52. The van der Waals surface area contributed by atoms with Crippen molar-refractivity contribution in [3.63, 3.8) is 0 Å². The van der Waals surface area contributed by atoms with Gasteiger partial charge >= 0.3 is 0 Å². The zero-order chi connectivity index (χ0) is 13.0. The summed E-state index contributed by atoms with van der Waals surface area (Å²) < 4.78 is 0. The number of hydrogen-bond acceptors (Lipinski definition) is 1. The minimum Gasteiger partial charge on any atom is -0.261 e. The van der Waals surface area contributed by atoms with Gasteiger partial charge in [0.15, 0.2) is 0 Å². The van der Waals surface area contributed by atoms with Crippen molar-refractivity contribution in [3.8, 4) is 0 Å². The zero-order valence-electron chi connectivity index (χ0n) is 11.4. The van der Waals surface area contributed by atoms with Crippen molar-refractivity contribution in [1.29, 1.82) is 0 Å². The summed E-state index contributed by atoms with van der Waals surface area (Å²) in [6.45, 7) is 17.6. The van der Waals surface area contributed by atoms with E-state index in [0.29, 0.717) is 0 Å². The van der Waals surface area contributed by atoms with Crippen LogP contribution in [-0.2, 0) is 6.42 Å². The van der Waals surface area contributed by atoms with Crippen LogP contribution in [0.15, 0.2) is 25.4 Å². The number of rotatable bonds is 3. The lowest BCUT2D eigenvalue weighted by Crippen LogP contribution is -1.93. The van der Waals surface area contributed by atoms with E-state index in [1.165, 1.54) is 0 Å². The van der Waals surface area contributed by atoms with Gasteiger partial charge < -0.3 is 0 Å². The van der Waals surface area contributed by atoms with Gasteiger partial charge in [0.05, 0.1) is 0 Å². The minimum absolute atomic E-state index is 0.934. The SMILES string of the molecule is C=Cc1ccnc(CC)c1C=C.CC.CC. The van der Waals surface area contributed by atoms with Crippen LogP contribution in [0.4, 0.5) is 0 Å². The summed E-state index contributed by atoms with van der Waals surface area (Å²) in [6.07, 6.45) is 6.41. The van der Waals surface area contributed by atoms with Crippen molar-refractivity contribution in [1.82, 2.24) is 4.98 Å². The molecule has 0 radical (unpaired) electrons. The van der Waals surface area contributed by atoms with E-state index in [-0.39, 0.29) is 0 Å². The van der Waals surface area contributed by atoms with Gasteiger partial charge in [0.1, 0.15) is 0 Å². The molecular weight excluding hydrogens is 194 g/mol. The van der Waals surface area contributed by atoms with Crippen molar-refractivity contribution in [2.24, 2.45) is 0 Å². The summed E-state index contributed by atoms with van der Waals surface area (Å²) in [5, 5.41) is 0. The number of hydrogen-bond donors (Lipinski definition) is 0. The van der Waals surface area contributed by atoms with Crippen LogP contribution >= 0.6 is 0 Å². The molecule has 0 atom stereocenters. The van der Waals surface area contributed by atoms with Crippen LogP contribution in [0.5, 0.6) is 0 Å². The first kappa shape index (κ1) is 17.0. The highest BCUT2D eigenvalue weighted by Crippen LogP contribution is 2.15. The van der Waals surface area contributed by atoms with Crippen LogP contribution < -0.4 is 0 Å². The molecule has 0 unspecified atom stereocenters. The molecule has 0 amide bonds. The number of aryl methyl sites for hydroxylation is 1. The molecule has 0 saturated heterocycles. The average Bonchev–Trinajstić information content (AvgIpc) is 2.42. The summed E-state index contributed by atoms with van der Waals surface area (Å²) >= 11 is 0. The van der Waals surface area contributed by atoms with E-state index < -0.39 is 0 Å². The fourth-order valence-electron chi connectivity index (χ4n) is 1.23. The van der Waals surface area contributed by atoms with Crippen LogP contribution in [0.3, 0.4) is 0 Å². The molecule has 1 heterocycles. The second-order valence-electron chi connectivity index (χ2n) is 2.52. The smallest absolute Gasteiger partial charge is 0.0478 e.